The number of rotatable bonds is 4. The molecule has 0 aliphatic heterocycles. The van der Waals surface area contributed by atoms with Gasteiger partial charge in [0.1, 0.15) is 5.82 Å². The van der Waals surface area contributed by atoms with Gasteiger partial charge in [-0.05, 0) is 46.9 Å². The maximum absolute atomic E-state index is 13.6. The second kappa shape index (κ2) is 5.75. The molecule has 2 rings (SSSR count). The normalized spacial score (nSPS) is 13.1. The molecule has 0 fully saturated rings. The quantitative estimate of drug-likeness (QED) is 0.792. The zero-order chi connectivity index (χ0) is 13.3. The lowest BCUT2D eigenvalue weighted by molar-refractivity contribution is 0.607. The summed E-state index contributed by atoms with van der Waals surface area (Å²) in [5, 5.41) is 0. The average Bonchev–Trinajstić information content (AvgIpc) is 2.62. The minimum absolute atomic E-state index is 0.247. The standard InChI is InChI=1S/C12H14BrFN2S2/c1-3-18-6-7(2)16-11-5-9(14)8(13)4-10(11)15-12(16)17/h4-5,7H,3,6H2,1-2H3,(H,15,17). The number of nitrogens with one attached hydrogen (secondary N) is 1. The van der Waals surface area contributed by atoms with Crippen LogP contribution in [0.1, 0.15) is 19.9 Å². The van der Waals surface area contributed by atoms with Crippen LogP contribution in [0.25, 0.3) is 11.0 Å². The summed E-state index contributed by atoms with van der Waals surface area (Å²) in [7, 11) is 0. The predicted octanol–water partition coefficient (Wildman–Crippen LogP) is 4.91. The molecule has 0 aliphatic carbocycles. The predicted molar refractivity (Wildman–Crippen MR) is 82.5 cm³/mol. The van der Waals surface area contributed by atoms with Crippen LogP contribution >= 0.6 is 39.9 Å². The SMILES string of the molecule is CCSCC(C)n1c(=S)[nH]c2cc(Br)c(F)cc21. The number of fused-ring (bicyclic) bond motifs is 1. The van der Waals surface area contributed by atoms with Crippen molar-refractivity contribution >= 4 is 50.9 Å². The number of imidazole rings is 1. The summed E-state index contributed by atoms with van der Waals surface area (Å²) < 4.78 is 16.7. The van der Waals surface area contributed by atoms with E-state index >= 15 is 0 Å². The summed E-state index contributed by atoms with van der Waals surface area (Å²) >= 11 is 10.4. The Balaban J connectivity index is 2.53. The third kappa shape index (κ3) is 2.65. The van der Waals surface area contributed by atoms with E-state index in [-0.39, 0.29) is 11.9 Å². The minimum Gasteiger partial charge on any atom is -0.331 e. The zero-order valence-electron chi connectivity index (χ0n) is 10.2. The molecule has 0 aliphatic rings. The molecule has 0 bridgehead atoms. The number of benzene rings is 1. The van der Waals surface area contributed by atoms with Crippen LogP contribution in [-0.2, 0) is 0 Å². The Labute approximate surface area is 123 Å². The summed E-state index contributed by atoms with van der Waals surface area (Å²) in [6, 6.07) is 3.51. The molecule has 1 heterocycles. The number of thioether (sulfide) groups is 1. The molecule has 1 aromatic carbocycles. The van der Waals surface area contributed by atoms with E-state index in [1.54, 1.807) is 6.07 Å². The lowest BCUT2D eigenvalue weighted by Crippen LogP contribution is -2.08. The smallest absolute Gasteiger partial charge is 0.178 e. The summed E-state index contributed by atoms with van der Waals surface area (Å²) in [5.41, 5.74) is 1.69. The van der Waals surface area contributed by atoms with Gasteiger partial charge in [0.2, 0.25) is 0 Å². The number of aromatic amines is 1. The van der Waals surface area contributed by atoms with E-state index in [1.165, 1.54) is 6.07 Å². The lowest BCUT2D eigenvalue weighted by atomic mass is 10.3. The number of H-pyrrole nitrogens is 1. The van der Waals surface area contributed by atoms with Gasteiger partial charge in [-0.15, -0.1) is 0 Å². The molecular formula is C12H14BrFN2S2. The van der Waals surface area contributed by atoms with Crippen molar-refractivity contribution in [2.45, 2.75) is 19.9 Å². The molecular weight excluding hydrogens is 335 g/mol. The van der Waals surface area contributed by atoms with E-state index in [9.17, 15) is 4.39 Å². The van der Waals surface area contributed by atoms with Crippen molar-refractivity contribution in [3.05, 3.63) is 27.2 Å². The van der Waals surface area contributed by atoms with Crippen LogP contribution in [0.5, 0.6) is 0 Å². The second-order valence-corrected chi connectivity index (χ2v) is 6.65. The van der Waals surface area contributed by atoms with Crippen LogP contribution in [0.4, 0.5) is 4.39 Å². The molecule has 1 N–H and O–H groups in total. The largest absolute Gasteiger partial charge is 0.331 e. The van der Waals surface area contributed by atoms with E-state index in [0.717, 1.165) is 22.5 Å². The Kier molecular flexibility index (Phi) is 4.50. The molecule has 0 saturated heterocycles. The van der Waals surface area contributed by atoms with Gasteiger partial charge in [-0.2, -0.15) is 11.8 Å². The number of nitrogens with zero attached hydrogens (tertiary/aromatic N) is 1. The number of halogens is 2. The molecule has 6 heteroatoms. The van der Waals surface area contributed by atoms with Gasteiger partial charge >= 0.3 is 0 Å². The molecule has 98 valence electrons. The van der Waals surface area contributed by atoms with Crippen LogP contribution in [0.15, 0.2) is 16.6 Å². The Morgan fingerprint density at radius 2 is 2.28 bits per heavy atom. The maximum Gasteiger partial charge on any atom is 0.178 e. The van der Waals surface area contributed by atoms with Crippen molar-refractivity contribution in [2.24, 2.45) is 0 Å². The van der Waals surface area contributed by atoms with Gasteiger partial charge in [0.25, 0.3) is 0 Å². The van der Waals surface area contributed by atoms with Crippen molar-refractivity contribution < 1.29 is 4.39 Å². The van der Waals surface area contributed by atoms with Crippen molar-refractivity contribution in [2.75, 3.05) is 11.5 Å². The van der Waals surface area contributed by atoms with Crippen LogP contribution < -0.4 is 0 Å². The molecule has 0 saturated carbocycles. The van der Waals surface area contributed by atoms with Gasteiger partial charge in [0.15, 0.2) is 4.77 Å². The first kappa shape index (κ1) is 14.1. The summed E-state index contributed by atoms with van der Waals surface area (Å²) in [6.07, 6.45) is 0. The van der Waals surface area contributed by atoms with E-state index in [1.807, 2.05) is 16.3 Å². The van der Waals surface area contributed by atoms with E-state index in [2.05, 4.69) is 34.8 Å². The first-order valence-electron chi connectivity index (χ1n) is 5.71. The first-order chi connectivity index (χ1) is 8.54. The first-order valence-corrected chi connectivity index (χ1v) is 8.07. The van der Waals surface area contributed by atoms with Gasteiger partial charge in [-0.3, -0.25) is 0 Å². The fraction of sp³-hybridized carbons (Fsp3) is 0.417. The molecule has 1 aromatic heterocycles. The Bertz CT molecular complexity index is 620. The van der Waals surface area contributed by atoms with E-state index in [0.29, 0.717) is 9.24 Å². The molecule has 2 nitrogen and oxygen atoms in total. The van der Waals surface area contributed by atoms with Crippen molar-refractivity contribution in [1.82, 2.24) is 9.55 Å². The molecule has 0 amide bonds. The van der Waals surface area contributed by atoms with Crippen LogP contribution in [0.2, 0.25) is 0 Å². The highest BCUT2D eigenvalue weighted by atomic mass is 79.9. The van der Waals surface area contributed by atoms with Gasteiger partial charge in [0.05, 0.1) is 15.5 Å². The highest BCUT2D eigenvalue weighted by Gasteiger charge is 2.13. The van der Waals surface area contributed by atoms with Crippen molar-refractivity contribution in [1.29, 1.82) is 0 Å². The third-order valence-corrected chi connectivity index (χ3v) is 4.80. The molecule has 0 radical (unpaired) electrons. The van der Waals surface area contributed by atoms with Gasteiger partial charge in [0, 0.05) is 17.9 Å². The molecule has 18 heavy (non-hydrogen) atoms. The van der Waals surface area contributed by atoms with Crippen LogP contribution in [0.3, 0.4) is 0 Å². The van der Waals surface area contributed by atoms with Gasteiger partial charge in [-0.25, -0.2) is 4.39 Å². The van der Waals surface area contributed by atoms with Gasteiger partial charge in [-0.1, -0.05) is 6.92 Å². The van der Waals surface area contributed by atoms with Crippen LogP contribution in [0, 0.1) is 10.6 Å². The van der Waals surface area contributed by atoms with E-state index in [4.69, 9.17) is 12.2 Å². The zero-order valence-corrected chi connectivity index (χ0v) is 13.4. The molecule has 2 aromatic rings. The maximum atomic E-state index is 13.6. The number of aromatic nitrogens is 2. The number of hydrogen-bond donors (Lipinski definition) is 1. The van der Waals surface area contributed by atoms with Crippen molar-refractivity contribution in [3.63, 3.8) is 0 Å². The fourth-order valence-corrected chi connectivity index (χ4v) is 3.38. The topological polar surface area (TPSA) is 20.7 Å². The molecule has 1 atom stereocenters. The monoisotopic (exact) mass is 348 g/mol. The average molecular weight is 349 g/mol. The van der Waals surface area contributed by atoms with Gasteiger partial charge < -0.3 is 9.55 Å². The fourth-order valence-electron chi connectivity index (χ4n) is 1.92. The molecule has 1 unspecified atom stereocenters. The Hall–Kier alpha value is -0.330. The highest BCUT2D eigenvalue weighted by Crippen LogP contribution is 2.26. The minimum atomic E-state index is -0.263. The lowest BCUT2D eigenvalue weighted by Gasteiger charge is -2.13. The summed E-state index contributed by atoms with van der Waals surface area (Å²) in [5.74, 6) is 1.77. The number of hydrogen-bond acceptors (Lipinski definition) is 2. The summed E-state index contributed by atoms with van der Waals surface area (Å²) in [4.78, 5) is 3.12. The highest BCUT2D eigenvalue weighted by molar-refractivity contribution is 9.10. The summed E-state index contributed by atoms with van der Waals surface area (Å²) in [6.45, 7) is 4.23. The van der Waals surface area contributed by atoms with Crippen LogP contribution in [-0.4, -0.2) is 21.1 Å². The van der Waals surface area contributed by atoms with Crippen molar-refractivity contribution in [3.8, 4) is 0 Å². The van der Waals surface area contributed by atoms with E-state index < -0.39 is 0 Å². The molecule has 0 spiro atoms. The third-order valence-electron chi connectivity index (χ3n) is 2.76. The Morgan fingerprint density at radius 1 is 1.56 bits per heavy atom. The Morgan fingerprint density at radius 3 is 2.94 bits per heavy atom. The second-order valence-electron chi connectivity index (χ2n) is 4.09.